The molecule has 0 aliphatic rings. The summed E-state index contributed by atoms with van der Waals surface area (Å²) in [7, 11) is 0. The highest BCUT2D eigenvalue weighted by atomic mass is 32.2. The molecule has 3 nitrogen and oxygen atoms in total. The standard InChI is InChI=1S/C15H12N2OS/c1-2-11-19-14-6-4-3-5-12(14)7-8-13-9-10-15(18)17-16-13/h1,3-10H,11H2,(H,17,18)/b8-7+. The first kappa shape index (κ1) is 13.2. The van der Waals surface area contributed by atoms with Crippen molar-refractivity contribution in [2.45, 2.75) is 4.90 Å². The molecule has 0 atom stereocenters. The SMILES string of the molecule is C#CCSc1ccccc1/C=C/c1ccc(=O)[nH]n1. The summed E-state index contributed by atoms with van der Waals surface area (Å²) in [4.78, 5) is 12.0. The van der Waals surface area contributed by atoms with Crippen LogP contribution in [0.2, 0.25) is 0 Å². The van der Waals surface area contributed by atoms with Crippen molar-refractivity contribution in [1.29, 1.82) is 0 Å². The van der Waals surface area contributed by atoms with Gasteiger partial charge in [0.15, 0.2) is 0 Å². The van der Waals surface area contributed by atoms with Gasteiger partial charge in [-0.3, -0.25) is 4.79 Å². The number of aromatic nitrogens is 2. The minimum atomic E-state index is -0.206. The third kappa shape index (κ3) is 3.87. The zero-order valence-corrected chi connectivity index (χ0v) is 11.0. The molecule has 0 amide bonds. The molecule has 0 bridgehead atoms. The first-order valence-electron chi connectivity index (χ1n) is 5.69. The molecule has 0 aliphatic heterocycles. The summed E-state index contributed by atoms with van der Waals surface area (Å²) in [5, 5.41) is 6.32. The lowest BCUT2D eigenvalue weighted by atomic mass is 10.2. The van der Waals surface area contributed by atoms with Crippen molar-refractivity contribution in [3.8, 4) is 12.3 Å². The summed E-state index contributed by atoms with van der Waals surface area (Å²) in [6, 6.07) is 11.1. The van der Waals surface area contributed by atoms with Gasteiger partial charge in [0.05, 0.1) is 11.4 Å². The fraction of sp³-hybridized carbons (Fsp3) is 0.0667. The number of hydrogen-bond acceptors (Lipinski definition) is 3. The molecule has 2 aromatic rings. The van der Waals surface area contributed by atoms with Crippen molar-refractivity contribution in [3.63, 3.8) is 0 Å². The Kier molecular flexibility index (Phi) is 4.60. The molecular weight excluding hydrogens is 256 g/mol. The number of thioether (sulfide) groups is 1. The predicted molar refractivity (Wildman–Crippen MR) is 79.8 cm³/mol. The molecule has 0 saturated carbocycles. The van der Waals surface area contributed by atoms with Crippen molar-refractivity contribution in [3.05, 3.63) is 58.0 Å². The Morgan fingerprint density at radius 2 is 2.11 bits per heavy atom. The molecule has 0 fully saturated rings. The number of hydrogen-bond donors (Lipinski definition) is 1. The molecule has 0 spiro atoms. The van der Waals surface area contributed by atoms with Crippen LogP contribution in [-0.4, -0.2) is 16.0 Å². The third-order valence-corrected chi connectivity index (χ3v) is 3.36. The molecule has 0 aliphatic carbocycles. The van der Waals surface area contributed by atoms with Crippen LogP contribution in [0.25, 0.3) is 12.2 Å². The molecule has 0 unspecified atom stereocenters. The maximum Gasteiger partial charge on any atom is 0.264 e. The summed E-state index contributed by atoms with van der Waals surface area (Å²) in [5.74, 6) is 3.25. The van der Waals surface area contributed by atoms with Crippen molar-refractivity contribution in [2.24, 2.45) is 0 Å². The van der Waals surface area contributed by atoms with E-state index in [4.69, 9.17) is 6.42 Å². The smallest absolute Gasteiger partial charge is 0.264 e. The van der Waals surface area contributed by atoms with Gasteiger partial charge in [-0.2, -0.15) is 5.10 Å². The normalized spacial score (nSPS) is 10.5. The van der Waals surface area contributed by atoms with E-state index in [9.17, 15) is 4.79 Å². The van der Waals surface area contributed by atoms with Gasteiger partial charge >= 0.3 is 0 Å². The highest BCUT2D eigenvalue weighted by molar-refractivity contribution is 7.99. The zero-order chi connectivity index (χ0) is 13.5. The largest absolute Gasteiger partial charge is 0.268 e. The van der Waals surface area contributed by atoms with Crippen molar-refractivity contribution in [2.75, 3.05) is 5.75 Å². The van der Waals surface area contributed by atoms with E-state index in [0.717, 1.165) is 10.5 Å². The third-order valence-electron chi connectivity index (χ3n) is 2.36. The molecule has 1 aromatic carbocycles. The number of terminal acetylenes is 1. The van der Waals surface area contributed by atoms with Crippen LogP contribution in [0.4, 0.5) is 0 Å². The average Bonchev–Trinajstić information content (AvgIpc) is 2.45. The minimum absolute atomic E-state index is 0.206. The zero-order valence-electron chi connectivity index (χ0n) is 10.2. The Morgan fingerprint density at radius 1 is 1.26 bits per heavy atom. The summed E-state index contributed by atoms with van der Waals surface area (Å²) < 4.78 is 0. The van der Waals surface area contributed by atoms with Crippen molar-refractivity contribution >= 4 is 23.9 Å². The second-order valence-electron chi connectivity index (χ2n) is 3.71. The minimum Gasteiger partial charge on any atom is -0.268 e. The Morgan fingerprint density at radius 3 is 2.84 bits per heavy atom. The lowest BCUT2D eigenvalue weighted by molar-refractivity contribution is 0.977. The first-order chi connectivity index (χ1) is 9.29. The van der Waals surface area contributed by atoms with Gasteiger partial charge in [0, 0.05) is 11.0 Å². The fourth-order valence-electron chi connectivity index (χ4n) is 1.49. The van der Waals surface area contributed by atoms with Crippen molar-refractivity contribution in [1.82, 2.24) is 10.2 Å². The lowest BCUT2D eigenvalue weighted by Gasteiger charge is -2.02. The van der Waals surface area contributed by atoms with E-state index >= 15 is 0 Å². The van der Waals surface area contributed by atoms with Crippen LogP contribution in [0, 0.1) is 12.3 Å². The van der Waals surface area contributed by atoms with Gasteiger partial charge in [0.25, 0.3) is 5.56 Å². The molecule has 94 valence electrons. The van der Waals surface area contributed by atoms with Crippen LogP contribution >= 0.6 is 11.8 Å². The molecule has 19 heavy (non-hydrogen) atoms. The van der Waals surface area contributed by atoms with E-state index in [-0.39, 0.29) is 5.56 Å². The Labute approximate surface area is 115 Å². The number of nitrogens with one attached hydrogen (secondary N) is 1. The summed E-state index contributed by atoms with van der Waals surface area (Å²) in [6.45, 7) is 0. The molecular formula is C15H12N2OS. The van der Waals surface area contributed by atoms with Gasteiger partial charge in [-0.15, -0.1) is 18.2 Å². The fourth-order valence-corrected chi connectivity index (χ4v) is 2.21. The quantitative estimate of drug-likeness (QED) is 0.685. The van der Waals surface area contributed by atoms with E-state index in [1.54, 1.807) is 17.8 Å². The molecule has 0 radical (unpaired) electrons. The lowest BCUT2D eigenvalue weighted by Crippen LogP contribution is -2.05. The predicted octanol–water partition coefficient (Wildman–Crippen LogP) is 2.67. The van der Waals surface area contributed by atoms with Gasteiger partial charge < -0.3 is 0 Å². The van der Waals surface area contributed by atoms with Gasteiger partial charge in [0.1, 0.15) is 0 Å². The molecule has 4 heteroatoms. The van der Waals surface area contributed by atoms with Gasteiger partial charge in [-0.1, -0.05) is 30.2 Å². The Hall–Kier alpha value is -2.25. The number of nitrogens with zero attached hydrogens (tertiary/aromatic N) is 1. The van der Waals surface area contributed by atoms with E-state index in [0.29, 0.717) is 11.4 Å². The highest BCUT2D eigenvalue weighted by Crippen LogP contribution is 2.23. The van der Waals surface area contributed by atoms with Crippen LogP contribution < -0.4 is 5.56 Å². The highest BCUT2D eigenvalue weighted by Gasteiger charge is 1.98. The maximum absolute atomic E-state index is 10.9. The summed E-state index contributed by atoms with van der Waals surface area (Å²) in [5.41, 5.74) is 1.58. The van der Waals surface area contributed by atoms with Crippen molar-refractivity contribution < 1.29 is 0 Å². The summed E-state index contributed by atoms with van der Waals surface area (Å²) >= 11 is 1.62. The molecule has 0 saturated heterocycles. The van der Waals surface area contributed by atoms with Crippen LogP contribution in [-0.2, 0) is 0 Å². The summed E-state index contributed by atoms with van der Waals surface area (Å²) in [6.07, 6.45) is 9.08. The van der Waals surface area contributed by atoms with Crippen LogP contribution in [0.15, 0.2) is 46.1 Å². The average molecular weight is 268 g/mol. The maximum atomic E-state index is 10.9. The van der Waals surface area contributed by atoms with Gasteiger partial charge in [-0.25, -0.2) is 5.10 Å². The van der Waals surface area contributed by atoms with Crippen LogP contribution in [0.3, 0.4) is 0 Å². The van der Waals surface area contributed by atoms with Crippen LogP contribution in [0.1, 0.15) is 11.3 Å². The second kappa shape index (κ2) is 6.62. The number of rotatable bonds is 4. The molecule has 1 N–H and O–H groups in total. The van der Waals surface area contributed by atoms with E-state index < -0.39 is 0 Å². The van der Waals surface area contributed by atoms with E-state index in [1.807, 2.05) is 36.4 Å². The van der Waals surface area contributed by atoms with E-state index in [2.05, 4.69) is 16.1 Å². The first-order valence-corrected chi connectivity index (χ1v) is 6.67. The van der Waals surface area contributed by atoms with Gasteiger partial charge in [-0.05, 0) is 23.8 Å². The number of benzene rings is 1. The topological polar surface area (TPSA) is 45.8 Å². The number of H-pyrrole nitrogens is 1. The van der Waals surface area contributed by atoms with Crippen LogP contribution in [0.5, 0.6) is 0 Å². The van der Waals surface area contributed by atoms with E-state index in [1.165, 1.54) is 6.07 Å². The number of aromatic amines is 1. The second-order valence-corrected chi connectivity index (χ2v) is 4.73. The monoisotopic (exact) mass is 268 g/mol. The molecule has 1 heterocycles. The Balaban J connectivity index is 2.20. The van der Waals surface area contributed by atoms with Gasteiger partial charge in [0.2, 0.25) is 0 Å². The molecule has 1 aromatic heterocycles. The molecule has 2 rings (SSSR count). The Bertz CT molecular complexity index is 663.